The standard InChI is InChI=1S/C15H16FN3O2/c1-3-19(4-2)13-9-12(15(20)21)17-14(18-13)10-7-5-6-8-11(10)16/h5-9H,3-4H2,1-2H3,(H,20,21). The van der Waals surface area contributed by atoms with Crippen LogP contribution >= 0.6 is 0 Å². The molecule has 0 aliphatic rings. The molecule has 0 saturated heterocycles. The molecular weight excluding hydrogens is 273 g/mol. The fourth-order valence-electron chi connectivity index (χ4n) is 2.02. The molecule has 0 fully saturated rings. The fraction of sp³-hybridized carbons (Fsp3) is 0.267. The van der Waals surface area contributed by atoms with Crippen molar-refractivity contribution < 1.29 is 14.3 Å². The minimum absolute atomic E-state index is 0.0786. The van der Waals surface area contributed by atoms with E-state index in [4.69, 9.17) is 0 Å². The van der Waals surface area contributed by atoms with Crippen LogP contribution in [0.5, 0.6) is 0 Å². The van der Waals surface area contributed by atoms with Crippen molar-refractivity contribution in [1.29, 1.82) is 0 Å². The van der Waals surface area contributed by atoms with E-state index in [-0.39, 0.29) is 17.1 Å². The zero-order chi connectivity index (χ0) is 15.4. The minimum atomic E-state index is -1.16. The Bertz CT molecular complexity index is 657. The van der Waals surface area contributed by atoms with Gasteiger partial charge in [-0.1, -0.05) is 12.1 Å². The maximum absolute atomic E-state index is 13.9. The number of aromatic carboxylic acids is 1. The highest BCUT2D eigenvalue weighted by Crippen LogP contribution is 2.22. The summed E-state index contributed by atoms with van der Waals surface area (Å²) in [6.07, 6.45) is 0. The summed E-state index contributed by atoms with van der Waals surface area (Å²) in [5.41, 5.74) is 0.0409. The second kappa shape index (κ2) is 6.30. The molecule has 0 radical (unpaired) electrons. The number of benzene rings is 1. The van der Waals surface area contributed by atoms with Crippen molar-refractivity contribution in [3.63, 3.8) is 0 Å². The Kier molecular flexibility index (Phi) is 4.47. The Labute approximate surface area is 122 Å². The van der Waals surface area contributed by atoms with Gasteiger partial charge in [-0.05, 0) is 26.0 Å². The lowest BCUT2D eigenvalue weighted by Gasteiger charge is -2.20. The summed E-state index contributed by atoms with van der Waals surface area (Å²) >= 11 is 0. The van der Waals surface area contributed by atoms with Gasteiger partial charge in [0.25, 0.3) is 0 Å². The van der Waals surface area contributed by atoms with Crippen molar-refractivity contribution in [3.05, 3.63) is 41.8 Å². The van der Waals surface area contributed by atoms with E-state index in [0.717, 1.165) is 0 Å². The van der Waals surface area contributed by atoms with Crippen molar-refractivity contribution in [2.45, 2.75) is 13.8 Å². The van der Waals surface area contributed by atoms with Crippen molar-refractivity contribution in [2.24, 2.45) is 0 Å². The fourth-order valence-corrected chi connectivity index (χ4v) is 2.02. The van der Waals surface area contributed by atoms with E-state index in [1.807, 2.05) is 18.7 Å². The van der Waals surface area contributed by atoms with Gasteiger partial charge < -0.3 is 10.0 Å². The molecular formula is C15H16FN3O2. The molecule has 1 aromatic heterocycles. The molecule has 2 rings (SSSR count). The third kappa shape index (κ3) is 3.16. The van der Waals surface area contributed by atoms with E-state index < -0.39 is 11.8 Å². The largest absolute Gasteiger partial charge is 0.477 e. The molecule has 0 unspecified atom stereocenters. The van der Waals surface area contributed by atoms with Crippen LogP contribution in [0.15, 0.2) is 30.3 Å². The van der Waals surface area contributed by atoms with Crippen LogP contribution in [0.2, 0.25) is 0 Å². The van der Waals surface area contributed by atoms with E-state index in [2.05, 4.69) is 9.97 Å². The third-order valence-electron chi connectivity index (χ3n) is 3.13. The summed E-state index contributed by atoms with van der Waals surface area (Å²) in [5, 5.41) is 9.17. The first-order valence-corrected chi connectivity index (χ1v) is 6.69. The monoisotopic (exact) mass is 289 g/mol. The summed E-state index contributed by atoms with van der Waals surface area (Å²) in [5.74, 6) is -1.09. The first-order valence-electron chi connectivity index (χ1n) is 6.69. The van der Waals surface area contributed by atoms with E-state index in [0.29, 0.717) is 18.9 Å². The zero-order valence-corrected chi connectivity index (χ0v) is 11.9. The predicted octanol–water partition coefficient (Wildman–Crippen LogP) is 2.83. The maximum Gasteiger partial charge on any atom is 0.354 e. The number of nitrogens with zero attached hydrogens (tertiary/aromatic N) is 3. The van der Waals surface area contributed by atoms with Gasteiger partial charge >= 0.3 is 5.97 Å². The lowest BCUT2D eigenvalue weighted by atomic mass is 10.2. The summed E-state index contributed by atoms with van der Waals surface area (Å²) < 4.78 is 13.9. The van der Waals surface area contributed by atoms with Gasteiger partial charge in [-0.25, -0.2) is 19.2 Å². The summed E-state index contributed by atoms with van der Waals surface area (Å²) in [6.45, 7) is 5.22. The van der Waals surface area contributed by atoms with E-state index in [1.165, 1.54) is 18.2 Å². The number of rotatable bonds is 5. The van der Waals surface area contributed by atoms with Gasteiger partial charge in [0.1, 0.15) is 11.6 Å². The molecule has 2 aromatic rings. The van der Waals surface area contributed by atoms with Gasteiger partial charge in [0.2, 0.25) is 0 Å². The Morgan fingerprint density at radius 2 is 1.90 bits per heavy atom. The first kappa shape index (κ1) is 14.9. The molecule has 21 heavy (non-hydrogen) atoms. The Morgan fingerprint density at radius 1 is 1.24 bits per heavy atom. The molecule has 0 atom stereocenters. The topological polar surface area (TPSA) is 66.3 Å². The summed E-state index contributed by atoms with van der Waals surface area (Å²) in [7, 11) is 0. The van der Waals surface area contributed by atoms with Crippen LogP contribution in [0.25, 0.3) is 11.4 Å². The average Bonchev–Trinajstić information content (AvgIpc) is 2.48. The van der Waals surface area contributed by atoms with Gasteiger partial charge in [-0.2, -0.15) is 0 Å². The van der Waals surface area contributed by atoms with Crippen LogP contribution in [0, 0.1) is 5.82 Å². The van der Waals surface area contributed by atoms with Gasteiger partial charge in [0, 0.05) is 19.2 Å². The number of carbonyl (C=O) groups is 1. The number of hydrogen-bond donors (Lipinski definition) is 1. The zero-order valence-electron chi connectivity index (χ0n) is 11.9. The Hall–Kier alpha value is -2.50. The van der Waals surface area contributed by atoms with Gasteiger partial charge in [0.05, 0.1) is 5.56 Å². The maximum atomic E-state index is 13.9. The minimum Gasteiger partial charge on any atom is -0.477 e. The van der Waals surface area contributed by atoms with Gasteiger partial charge in [0.15, 0.2) is 11.5 Å². The van der Waals surface area contributed by atoms with Crippen molar-refractivity contribution in [2.75, 3.05) is 18.0 Å². The lowest BCUT2D eigenvalue weighted by Crippen LogP contribution is -2.24. The van der Waals surface area contributed by atoms with Crippen LogP contribution < -0.4 is 4.90 Å². The molecule has 0 bridgehead atoms. The van der Waals surface area contributed by atoms with E-state index in [9.17, 15) is 14.3 Å². The van der Waals surface area contributed by atoms with Crippen LogP contribution in [0.4, 0.5) is 10.2 Å². The Morgan fingerprint density at radius 3 is 2.48 bits per heavy atom. The van der Waals surface area contributed by atoms with Gasteiger partial charge in [-0.15, -0.1) is 0 Å². The van der Waals surface area contributed by atoms with Crippen LogP contribution in [-0.4, -0.2) is 34.1 Å². The molecule has 0 spiro atoms. The molecule has 1 N–H and O–H groups in total. The molecule has 110 valence electrons. The van der Waals surface area contributed by atoms with E-state index >= 15 is 0 Å². The quantitative estimate of drug-likeness (QED) is 0.916. The molecule has 1 heterocycles. The van der Waals surface area contributed by atoms with Gasteiger partial charge in [-0.3, -0.25) is 0 Å². The van der Waals surface area contributed by atoms with Crippen molar-refractivity contribution >= 4 is 11.8 Å². The third-order valence-corrected chi connectivity index (χ3v) is 3.13. The molecule has 1 aromatic carbocycles. The highest BCUT2D eigenvalue weighted by molar-refractivity contribution is 5.87. The number of hydrogen-bond acceptors (Lipinski definition) is 4. The van der Waals surface area contributed by atoms with E-state index in [1.54, 1.807) is 12.1 Å². The van der Waals surface area contributed by atoms with Crippen LogP contribution in [-0.2, 0) is 0 Å². The summed E-state index contributed by atoms with van der Waals surface area (Å²) in [6, 6.07) is 7.45. The first-order chi connectivity index (χ1) is 10.1. The van der Waals surface area contributed by atoms with Crippen LogP contribution in [0.3, 0.4) is 0 Å². The second-order valence-corrected chi connectivity index (χ2v) is 4.39. The number of anilines is 1. The molecule has 0 amide bonds. The van der Waals surface area contributed by atoms with Crippen molar-refractivity contribution in [3.8, 4) is 11.4 Å². The molecule has 5 nitrogen and oxygen atoms in total. The highest BCUT2D eigenvalue weighted by atomic mass is 19.1. The molecule has 0 saturated carbocycles. The number of halogens is 1. The number of aromatic nitrogens is 2. The Balaban J connectivity index is 2.61. The van der Waals surface area contributed by atoms with Crippen LogP contribution in [0.1, 0.15) is 24.3 Å². The molecule has 6 heteroatoms. The smallest absolute Gasteiger partial charge is 0.354 e. The highest BCUT2D eigenvalue weighted by Gasteiger charge is 2.16. The number of carboxylic acids is 1. The number of carboxylic acid groups (broad SMARTS) is 1. The molecule has 0 aliphatic carbocycles. The second-order valence-electron chi connectivity index (χ2n) is 4.39. The SMILES string of the molecule is CCN(CC)c1cc(C(=O)O)nc(-c2ccccc2F)n1. The summed E-state index contributed by atoms with van der Waals surface area (Å²) in [4.78, 5) is 21.3. The average molecular weight is 289 g/mol. The van der Waals surface area contributed by atoms with Crippen molar-refractivity contribution in [1.82, 2.24) is 9.97 Å². The normalized spacial score (nSPS) is 10.4. The predicted molar refractivity (Wildman–Crippen MR) is 77.9 cm³/mol. The lowest BCUT2D eigenvalue weighted by molar-refractivity contribution is 0.0690. The molecule has 0 aliphatic heterocycles.